The molecule has 2 amide bonds. The zero-order valence-electron chi connectivity index (χ0n) is 19.8. The maximum atomic E-state index is 12.9. The van der Waals surface area contributed by atoms with Gasteiger partial charge in [-0.1, -0.05) is 76.8 Å². The molecule has 0 saturated carbocycles. The fourth-order valence-electron chi connectivity index (χ4n) is 4.09. The maximum Gasteiger partial charge on any atom is 0.260 e. The summed E-state index contributed by atoms with van der Waals surface area (Å²) in [5, 5.41) is 1.38. The Hall–Kier alpha value is -1.22. The number of hydrazine groups is 1. The fourth-order valence-corrected chi connectivity index (χ4v) is 7.15. The summed E-state index contributed by atoms with van der Waals surface area (Å²) in [7, 11) is 0. The molecule has 0 bridgehead atoms. The largest absolute Gasteiger partial charge is 0.272 e. The van der Waals surface area contributed by atoms with Crippen LogP contribution >= 0.6 is 23.5 Å². The van der Waals surface area contributed by atoms with Crippen molar-refractivity contribution in [2.24, 2.45) is 5.92 Å². The predicted octanol–water partition coefficient (Wildman–Crippen LogP) is 5.86. The van der Waals surface area contributed by atoms with E-state index in [1.807, 2.05) is 24.3 Å². The van der Waals surface area contributed by atoms with Gasteiger partial charge in [0, 0.05) is 11.5 Å². The molecular formula is C25H38N2O4S2. The van der Waals surface area contributed by atoms with E-state index < -0.39 is 5.92 Å². The van der Waals surface area contributed by atoms with Crippen molar-refractivity contribution >= 4 is 41.0 Å². The molecule has 184 valence electrons. The van der Waals surface area contributed by atoms with Gasteiger partial charge in [-0.3, -0.25) is 15.0 Å². The van der Waals surface area contributed by atoms with E-state index in [2.05, 4.69) is 12.3 Å². The minimum absolute atomic E-state index is 0.00760. The molecule has 0 radical (unpaired) electrons. The van der Waals surface area contributed by atoms with Gasteiger partial charge in [0.1, 0.15) is 12.5 Å². The molecule has 2 heterocycles. The lowest BCUT2D eigenvalue weighted by Crippen LogP contribution is -2.36. The van der Waals surface area contributed by atoms with Crippen LogP contribution in [0.1, 0.15) is 76.7 Å². The van der Waals surface area contributed by atoms with Gasteiger partial charge in [-0.25, -0.2) is 14.8 Å². The Kier molecular flexibility index (Phi) is 11.9. The standard InChI is InChI=1S/C25H38N2O4S2/c1-2-3-4-5-6-7-8-9-10-11-15-30-31-19-20-13-12-14-21(18-20)27-24(29)22(23(28)26-27)25-32-16-17-33-25/h12-14,18,22,25H,2-11,15-17,19H2,1H3,(H,26,28). The van der Waals surface area contributed by atoms with Crippen LogP contribution in [0.5, 0.6) is 0 Å². The molecule has 1 N–H and O–H groups in total. The molecule has 2 saturated heterocycles. The lowest BCUT2D eigenvalue weighted by atomic mass is 10.1. The van der Waals surface area contributed by atoms with Crippen molar-refractivity contribution in [3.8, 4) is 0 Å². The fraction of sp³-hybridized carbons (Fsp3) is 0.680. The summed E-state index contributed by atoms with van der Waals surface area (Å²) in [6.07, 6.45) is 12.9. The molecule has 2 aliphatic heterocycles. The summed E-state index contributed by atoms with van der Waals surface area (Å²) >= 11 is 3.38. The molecule has 6 nitrogen and oxygen atoms in total. The van der Waals surface area contributed by atoms with Crippen LogP contribution in [0.4, 0.5) is 5.69 Å². The SMILES string of the molecule is CCCCCCCCCCCCOOCc1cccc(N2NC(=O)C(C3SCCS3)C2=O)c1. The van der Waals surface area contributed by atoms with Crippen LogP contribution in [0.3, 0.4) is 0 Å². The number of carbonyl (C=O) groups excluding carboxylic acids is 2. The third kappa shape index (κ3) is 8.50. The number of rotatable bonds is 16. The number of nitrogens with zero attached hydrogens (tertiary/aromatic N) is 1. The molecule has 1 unspecified atom stereocenters. The van der Waals surface area contributed by atoms with E-state index in [1.54, 1.807) is 23.5 Å². The van der Waals surface area contributed by atoms with Gasteiger partial charge in [-0.15, -0.1) is 23.5 Å². The number of anilines is 1. The monoisotopic (exact) mass is 494 g/mol. The molecule has 0 spiro atoms. The van der Waals surface area contributed by atoms with Crippen LogP contribution in [-0.4, -0.2) is 34.5 Å². The third-order valence-electron chi connectivity index (χ3n) is 5.97. The zero-order chi connectivity index (χ0) is 23.3. The molecule has 1 aromatic carbocycles. The molecule has 3 rings (SSSR count). The van der Waals surface area contributed by atoms with Crippen molar-refractivity contribution in [1.29, 1.82) is 0 Å². The van der Waals surface area contributed by atoms with Gasteiger partial charge in [-0.2, -0.15) is 0 Å². The van der Waals surface area contributed by atoms with Crippen LogP contribution in [0.15, 0.2) is 24.3 Å². The Balaban J connectivity index is 1.29. The minimum Gasteiger partial charge on any atom is -0.272 e. The summed E-state index contributed by atoms with van der Waals surface area (Å²) in [6.45, 7) is 3.15. The van der Waals surface area contributed by atoms with E-state index in [0.29, 0.717) is 18.9 Å². The Bertz CT molecular complexity index is 743. The number of nitrogens with one attached hydrogen (secondary N) is 1. The lowest BCUT2D eigenvalue weighted by Gasteiger charge is -2.17. The van der Waals surface area contributed by atoms with Crippen LogP contribution in [0, 0.1) is 5.92 Å². The zero-order valence-corrected chi connectivity index (χ0v) is 21.4. The van der Waals surface area contributed by atoms with Gasteiger partial charge >= 0.3 is 0 Å². The number of benzene rings is 1. The van der Waals surface area contributed by atoms with Gasteiger partial charge in [-0.05, 0) is 24.1 Å². The van der Waals surface area contributed by atoms with E-state index >= 15 is 0 Å². The Labute approximate surface area is 206 Å². The Morgan fingerprint density at radius 3 is 2.30 bits per heavy atom. The van der Waals surface area contributed by atoms with Crippen LogP contribution in [0.25, 0.3) is 0 Å². The van der Waals surface area contributed by atoms with E-state index in [4.69, 9.17) is 9.78 Å². The first-order valence-corrected chi connectivity index (χ1v) is 14.5. The quantitative estimate of drug-likeness (QED) is 0.134. The Morgan fingerprint density at radius 2 is 1.61 bits per heavy atom. The number of hydrogen-bond donors (Lipinski definition) is 1. The smallest absolute Gasteiger partial charge is 0.260 e. The third-order valence-corrected chi connectivity index (χ3v) is 9.13. The minimum atomic E-state index is -0.619. The first-order valence-electron chi connectivity index (χ1n) is 12.4. The summed E-state index contributed by atoms with van der Waals surface area (Å²) in [4.78, 5) is 36.0. The normalized spacial score (nSPS) is 18.9. The van der Waals surface area contributed by atoms with Crippen molar-refractivity contribution in [2.45, 2.75) is 82.3 Å². The molecule has 8 heteroatoms. The summed E-state index contributed by atoms with van der Waals surface area (Å²) in [5.41, 5.74) is 4.28. The van der Waals surface area contributed by atoms with E-state index in [-0.39, 0.29) is 16.4 Å². The molecule has 1 atom stereocenters. The van der Waals surface area contributed by atoms with Crippen molar-refractivity contribution < 1.29 is 19.4 Å². The van der Waals surface area contributed by atoms with Gasteiger partial charge in [0.05, 0.1) is 16.9 Å². The van der Waals surface area contributed by atoms with Crippen molar-refractivity contribution in [1.82, 2.24) is 5.43 Å². The highest BCUT2D eigenvalue weighted by molar-refractivity contribution is 8.20. The second kappa shape index (κ2) is 14.9. The molecule has 0 aromatic heterocycles. The highest BCUT2D eigenvalue weighted by Gasteiger charge is 2.46. The topological polar surface area (TPSA) is 67.9 Å². The second-order valence-electron chi connectivity index (χ2n) is 8.67. The highest BCUT2D eigenvalue weighted by atomic mass is 32.2. The molecule has 33 heavy (non-hydrogen) atoms. The molecule has 2 aliphatic rings. The molecule has 2 fully saturated rings. The number of carbonyl (C=O) groups is 2. The predicted molar refractivity (Wildman–Crippen MR) is 137 cm³/mol. The number of hydrogen-bond acceptors (Lipinski definition) is 6. The molecule has 0 aliphatic carbocycles. The first-order chi connectivity index (χ1) is 16.2. The average molecular weight is 495 g/mol. The molecule has 1 aromatic rings. The number of unbranched alkanes of at least 4 members (excludes halogenated alkanes) is 9. The van der Waals surface area contributed by atoms with Crippen LogP contribution in [-0.2, 0) is 26.0 Å². The van der Waals surface area contributed by atoms with Crippen molar-refractivity contribution in [3.05, 3.63) is 29.8 Å². The van der Waals surface area contributed by atoms with Gasteiger partial charge in [0.2, 0.25) is 0 Å². The van der Waals surface area contributed by atoms with Gasteiger partial charge in [0.15, 0.2) is 0 Å². The van der Waals surface area contributed by atoms with E-state index in [9.17, 15) is 9.59 Å². The van der Waals surface area contributed by atoms with Crippen LogP contribution < -0.4 is 10.4 Å². The number of amides is 2. The summed E-state index contributed by atoms with van der Waals surface area (Å²) in [5.74, 6) is 0.957. The average Bonchev–Trinajstić information content (AvgIpc) is 3.44. The van der Waals surface area contributed by atoms with Crippen molar-refractivity contribution in [2.75, 3.05) is 23.1 Å². The number of thioether (sulfide) groups is 2. The van der Waals surface area contributed by atoms with Crippen LogP contribution in [0.2, 0.25) is 0 Å². The summed E-state index contributed by atoms with van der Waals surface area (Å²) in [6, 6.07) is 7.47. The molecular weight excluding hydrogens is 456 g/mol. The second-order valence-corrected chi connectivity index (χ2v) is 11.5. The first kappa shape index (κ1) is 26.4. The van der Waals surface area contributed by atoms with Crippen molar-refractivity contribution in [3.63, 3.8) is 0 Å². The lowest BCUT2D eigenvalue weighted by molar-refractivity contribution is -0.304. The highest BCUT2D eigenvalue weighted by Crippen LogP contribution is 2.40. The Morgan fingerprint density at radius 1 is 0.939 bits per heavy atom. The summed E-state index contributed by atoms with van der Waals surface area (Å²) < 4.78 is 0.00760. The van der Waals surface area contributed by atoms with Gasteiger partial charge < -0.3 is 0 Å². The van der Waals surface area contributed by atoms with Gasteiger partial charge in [0.25, 0.3) is 11.8 Å². The maximum absolute atomic E-state index is 12.9. The van der Waals surface area contributed by atoms with E-state index in [0.717, 1.165) is 23.5 Å². The van der Waals surface area contributed by atoms with E-state index in [1.165, 1.54) is 62.8 Å².